The lowest BCUT2D eigenvalue weighted by Crippen LogP contribution is -2.52. The van der Waals surface area contributed by atoms with Gasteiger partial charge in [-0.05, 0) is 67.2 Å². The maximum Gasteiger partial charge on any atom is 0.224 e. The average molecular weight is 343 g/mol. The maximum atomic E-state index is 12.6. The van der Waals surface area contributed by atoms with Crippen LogP contribution in [0.3, 0.4) is 0 Å². The molecule has 1 saturated carbocycles. The number of thiophene rings is 1. The summed E-state index contributed by atoms with van der Waals surface area (Å²) in [5.41, 5.74) is 1.12. The highest BCUT2D eigenvalue weighted by Gasteiger charge is 2.32. The molecule has 0 bridgehead atoms. The Balaban J connectivity index is 1.40. The van der Waals surface area contributed by atoms with E-state index in [1.165, 1.54) is 55.3 Å². The monoisotopic (exact) mass is 342 g/mol. The van der Waals surface area contributed by atoms with Crippen molar-refractivity contribution in [2.45, 2.75) is 57.0 Å². The predicted molar refractivity (Wildman–Crippen MR) is 101 cm³/mol. The van der Waals surface area contributed by atoms with E-state index in [-0.39, 0.29) is 5.91 Å². The van der Waals surface area contributed by atoms with E-state index >= 15 is 0 Å². The van der Waals surface area contributed by atoms with Crippen LogP contribution in [-0.4, -0.2) is 36.0 Å². The first kappa shape index (κ1) is 16.1. The maximum absolute atomic E-state index is 12.6. The number of carbonyl (C=O) groups is 1. The van der Waals surface area contributed by atoms with E-state index in [1.54, 1.807) is 11.3 Å². The third-order valence-corrected chi connectivity index (χ3v) is 6.45. The Morgan fingerprint density at radius 3 is 2.83 bits per heavy atom. The molecule has 0 radical (unpaired) electrons. The fourth-order valence-electron chi connectivity index (χ4n) is 4.34. The third kappa shape index (κ3) is 3.50. The first-order chi connectivity index (χ1) is 11.8. The molecule has 4 heteroatoms. The van der Waals surface area contributed by atoms with Crippen molar-refractivity contribution >= 4 is 27.3 Å². The van der Waals surface area contributed by atoms with Gasteiger partial charge < -0.3 is 5.32 Å². The Bertz CT molecular complexity index is 704. The summed E-state index contributed by atoms with van der Waals surface area (Å²) in [7, 11) is 0. The van der Waals surface area contributed by atoms with Crippen LogP contribution in [0.15, 0.2) is 29.6 Å². The highest BCUT2D eigenvalue weighted by molar-refractivity contribution is 7.17. The van der Waals surface area contributed by atoms with Gasteiger partial charge in [0.15, 0.2) is 0 Å². The average Bonchev–Trinajstić information content (AvgIpc) is 3.26. The molecule has 1 N–H and O–H groups in total. The van der Waals surface area contributed by atoms with Gasteiger partial charge in [-0.1, -0.05) is 25.0 Å². The smallest absolute Gasteiger partial charge is 0.224 e. The van der Waals surface area contributed by atoms with E-state index < -0.39 is 0 Å². The minimum atomic E-state index is 0.182. The highest BCUT2D eigenvalue weighted by Crippen LogP contribution is 2.26. The van der Waals surface area contributed by atoms with Crippen molar-refractivity contribution in [3.05, 3.63) is 35.2 Å². The van der Waals surface area contributed by atoms with Crippen LogP contribution in [-0.2, 0) is 11.2 Å². The van der Waals surface area contributed by atoms with Gasteiger partial charge in [0.2, 0.25) is 5.91 Å². The van der Waals surface area contributed by atoms with Crippen LogP contribution in [0.1, 0.15) is 44.1 Å². The number of hydrogen-bond donors (Lipinski definition) is 1. The summed E-state index contributed by atoms with van der Waals surface area (Å²) in [5, 5.41) is 6.74. The summed E-state index contributed by atoms with van der Waals surface area (Å²) in [6, 6.07) is 9.42. The zero-order valence-corrected chi connectivity index (χ0v) is 15.0. The number of benzene rings is 1. The van der Waals surface area contributed by atoms with Crippen molar-refractivity contribution < 1.29 is 4.79 Å². The van der Waals surface area contributed by atoms with E-state index in [0.717, 1.165) is 12.0 Å². The normalized spacial score (nSPS) is 25.2. The molecule has 1 aromatic heterocycles. The van der Waals surface area contributed by atoms with Gasteiger partial charge in [-0.25, -0.2) is 0 Å². The lowest BCUT2D eigenvalue weighted by molar-refractivity contribution is -0.121. The summed E-state index contributed by atoms with van der Waals surface area (Å²) in [6.45, 7) is 2.43. The molecule has 0 spiro atoms. The van der Waals surface area contributed by atoms with Gasteiger partial charge in [-0.15, -0.1) is 11.3 Å². The van der Waals surface area contributed by atoms with Gasteiger partial charge in [-0.2, -0.15) is 0 Å². The molecule has 1 amide bonds. The zero-order chi connectivity index (χ0) is 16.4. The summed E-state index contributed by atoms with van der Waals surface area (Å²) < 4.78 is 1.27. The molecule has 24 heavy (non-hydrogen) atoms. The standard InChI is InChI=1S/C20H26N2OS/c23-20(14-15-7-8-16-9-12-24-19(16)13-15)21-17-5-1-2-6-18(17)22-10-3-4-11-22/h7-9,12-13,17-18H,1-6,10-11,14H2,(H,21,23)/t17-,18-/m0/s1. The molecule has 1 aromatic carbocycles. The van der Waals surface area contributed by atoms with E-state index in [9.17, 15) is 4.79 Å². The largest absolute Gasteiger partial charge is 0.352 e. The zero-order valence-electron chi connectivity index (χ0n) is 14.2. The number of nitrogens with zero attached hydrogens (tertiary/aromatic N) is 1. The van der Waals surface area contributed by atoms with Crippen LogP contribution < -0.4 is 5.32 Å². The van der Waals surface area contributed by atoms with Crippen LogP contribution in [0, 0.1) is 0 Å². The molecule has 2 fully saturated rings. The second-order valence-corrected chi connectivity index (χ2v) is 8.19. The molecule has 2 aliphatic rings. The van der Waals surface area contributed by atoms with Gasteiger partial charge >= 0.3 is 0 Å². The molecule has 128 valence electrons. The summed E-state index contributed by atoms with van der Waals surface area (Å²) in [6.07, 6.45) is 8.06. The molecule has 1 saturated heterocycles. The van der Waals surface area contributed by atoms with E-state index in [2.05, 4.69) is 39.9 Å². The van der Waals surface area contributed by atoms with Gasteiger partial charge in [0.25, 0.3) is 0 Å². The van der Waals surface area contributed by atoms with Crippen molar-refractivity contribution in [3.63, 3.8) is 0 Å². The number of hydrogen-bond acceptors (Lipinski definition) is 3. The van der Waals surface area contributed by atoms with Crippen LogP contribution in [0.4, 0.5) is 0 Å². The molecule has 1 aliphatic carbocycles. The molecule has 3 nitrogen and oxygen atoms in total. The fraction of sp³-hybridized carbons (Fsp3) is 0.550. The minimum Gasteiger partial charge on any atom is -0.352 e. The van der Waals surface area contributed by atoms with Crippen LogP contribution in [0.5, 0.6) is 0 Å². The SMILES string of the molecule is O=C(Cc1ccc2ccsc2c1)N[C@H]1CCCC[C@@H]1N1CCCC1. The predicted octanol–water partition coefficient (Wildman–Crippen LogP) is 3.97. The Morgan fingerprint density at radius 1 is 1.12 bits per heavy atom. The third-order valence-electron chi connectivity index (χ3n) is 5.57. The van der Waals surface area contributed by atoms with Crippen molar-refractivity contribution in [1.29, 1.82) is 0 Å². The Labute approximate surface area is 148 Å². The number of carbonyl (C=O) groups excluding carboxylic acids is 1. The first-order valence-corrected chi connectivity index (χ1v) is 10.2. The minimum absolute atomic E-state index is 0.182. The number of nitrogens with one attached hydrogen (secondary N) is 1. The molecule has 2 atom stereocenters. The number of fused-ring (bicyclic) bond motifs is 1. The Kier molecular flexibility index (Phi) is 4.86. The molecular formula is C20H26N2OS. The molecule has 2 heterocycles. The second kappa shape index (κ2) is 7.24. The highest BCUT2D eigenvalue weighted by atomic mass is 32.1. The summed E-state index contributed by atoms with van der Waals surface area (Å²) in [4.78, 5) is 15.2. The molecule has 4 rings (SSSR count). The van der Waals surface area contributed by atoms with E-state index in [1.807, 2.05) is 0 Å². The number of amides is 1. The summed E-state index contributed by atoms with van der Waals surface area (Å²) in [5.74, 6) is 0.182. The van der Waals surface area contributed by atoms with E-state index in [4.69, 9.17) is 0 Å². The number of rotatable bonds is 4. The van der Waals surface area contributed by atoms with E-state index in [0.29, 0.717) is 18.5 Å². The van der Waals surface area contributed by atoms with Crippen LogP contribution in [0.2, 0.25) is 0 Å². The van der Waals surface area contributed by atoms with Crippen molar-refractivity contribution in [2.75, 3.05) is 13.1 Å². The van der Waals surface area contributed by atoms with Gasteiger partial charge in [0.05, 0.1) is 6.42 Å². The lowest BCUT2D eigenvalue weighted by atomic mass is 9.89. The Hall–Kier alpha value is -1.39. The molecule has 1 aliphatic heterocycles. The quantitative estimate of drug-likeness (QED) is 0.912. The molecule has 2 aromatic rings. The fourth-order valence-corrected chi connectivity index (χ4v) is 5.20. The van der Waals surface area contributed by atoms with Gasteiger partial charge in [0, 0.05) is 16.8 Å². The van der Waals surface area contributed by atoms with Crippen LogP contribution >= 0.6 is 11.3 Å². The van der Waals surface area contributed by atoms with Crippen molar-refractivity contribution in [2.24, 2.45) is 0 Å². The summed E-state index contributed by atoms with van der Waals surface area (Å²) >= 11 is 1.74. The number of likely N-dealkylation sites (tertiary alicyclic amines) is 1. The van der Waals surface area contributed by atoms with Gasteiger partial charge in [-0.3, -0.25) is 9.69 Å². The first-order valence-electron chi connectivity index (χ1n) is 9.29. The van der Waals surface area contributed by atoms with Gasteiger partial charge in [0.1, 0.15) is 0 Å². The second-order valence-electron chi connectivity index (χ2n) is 7.24. The Morgan fingerprint density at radius 2 is 1.96 bits per heavy atom. The topological polar surface area (TPSA) is 32.3 Å². The molecular weight excluding hydrogens is 316 g/mol. The van der Waals surface area contributed by atoms with Crippen molar-refractivity contribution in [1.82, 2.24) is 10.2 Å². The van der Waals surface area contributed by atoms with Crippen LogP contribution in [0.25, 0.3) is 10.1 Å². The lowest BCUT2D eigenvalue weighted by Gasteiger charge is -2.38. The van der Waals surface area contributed by atoms with Crippen molar-refractivity contribution in [3.8, 4) is 0 Å². The molecule has 0 unspecified atom stereocenters.